The summed E-state index contributed by atoms with van der Waals surface area (Å²) in [7, 11) is -3.81. The fraction of sp³-hybridized carbons (Fsp3) is 1.00. The zero-order chi connectivity index (χ0) is 14.4. The second-order valence-electron chi connectivity index (χ2n) is 5.38. The van der Waals surface area contributed by atoms with E-state index in [1.54, 1.807) is 0 Å². The van der Waals surface area contributed by atoms with Crippen molar-refractivity contribution in [2.75, 3.05) is 6.16 Å². The largest absolute Gasteiger partial charge is 0.325 e. The van der Waals surface area contributed by atoms with Gasteiger partial charge in [0.25, 0.3) is 0 Å². The van der Waals surface area contributed by atoms with E-state index in [9.17, 15) is 4.57 Å². The average Bonchev–Trinajstić information content (AvgIpc) is 2.20. The molecule has 1 unspecified atom stereocenters. The molecule has 0 rings (SSSR count). The van der Waals surface area contributed by atoms with Gasteiger partial charge in [-0.1, -0.05) is 26.2 Å². The van der Waals surface area contributed by atoms with Gasteiger partial charge in [0, 0.05) is 11.7 Å². The van der Waals surface area contributed by atoms with Crippen LogP contribution in [0.2, 0.25) is 0 Å². The average molecular weight is 320 g/mol. The Morgan fingerprint density at radius 2 is 1.67 bits per heavy atom. The lowest BCUT2D eigenvalue weighted by molar-refractivity contribution is 0.221. The molecule has 0 bridgehead atoms. The Kier molecular flexibility index (Phi) is 8.39. The Morgan fingerprint density at radius 1 is 1.17 bits per heavy atom. The lowest BCUT2D eigenvalue weighted by Crippen LogP contribution is -2.38. The van der Waals surface area contributed by atoms with Crippen molar-refractivity contribution in [3.05, 3.63) is 0 Å². The molecule has 18 heavy (non-hydrogen) atoms. The van der Waals surface area contributed by atoms with Crippen LogP contribution >= 0.6 is 31.1 Å². The Labute approximate surface area is 120 Å². The van der Waals surface area contributed by atoms with Crippen LogP contribution in [0.15, 0.2) is 0 Å². The zero-order valence-electron chi connectivity index (χ0n) is 11.3. The highest BCUT2D eigenvalue weighted by atomic mass is 35.5. The van der Waals surface area contributed by atoms with Gasteiger partial charge in [0.2, 0.25) is 0 Å². The Morgan fingerprint density at radius 3 is 2.11 bits per heavy atom. The van der Waals surface area contributed by atoms with Crippen LogP contribution in [-0.2, 0) is 4.57 Å². The number of hydrogen-bond donors (Lipinski definition) is 2. The van der Waals surface area contributed by atoms with Gasteiger partial charge >= 0.3 is 7.60 Å². The zero-order valence-corrected chi connectivity index (χ0v) is 13.7. The third-order valence-corrected chi connectivity index (χ3v) is 5.25. The minimum atomic E-state index is -3.81. The predicted molar refractivity (Wildman–Crippen MR) is 76.8 cm³/mol. The fourth-order valence-electron chi connectivity index (χ4n) is 1.64. The van der Waals surface area contributed by atoms with Crippen molar-refractivity contribution >= 4 is 31.1 Å². The highest BCUT2D eigenvalue weighted by Gasteiger charge is 2.30. The summed E-state index contributed by atoms with van der Waals surface area (Å²) in [5, 5.41) is 0. The van der Waals surface area contributed by atoms with Gasteiger partial charge in [-0.15, -0.1) is 3.94 Å². The maximum atomic E-state index is 10.6. The van der Waals surface area contributed by atoms with Gasteiger partial charge < -0.3 is 9.79 Å². The number of unbranched alkanes of at least 4 members (excludes halogenated alkanes) is 3. The van der Waals surface area contributed by atoms with Crippen LogP contribution in [0, 0.1) is 5.92 Å². The molecule has 0 aromatic rings. The summed E-state index contributed by atoms with van der Waals surface area (Å²) in [4.78, 5) is 17.4. The Balaban J connectivity index is 3.70. The number of hydrogen-bond acceptors (Lipinski definition) is 2. The van der Waals surface area contributed by atoms with Gasteiger partial charge in [-0.05, 0) is 56.2 Å². The van der Waals surface area contributed by atoms with E-state index in [0.717, 1.165) is 25.7 Å². The topological polar surface area (TPSA) is 60.8 Å². The molecule has 0 spiro atoms. The van der Waals surface area contributed by atoms with E-state index >= 15 is 0 Å². The first-order valence-electron chi connectivity index (χ1n) is 6.23. The smallest absolute Gasteiger partial charge is 0.324 e. The molecule has 0 aliphatic rings. The molecule has 0 heterocycles. The van der Waals surface area contributed by atoms with E-state index in [0.29, 0.717) is 12.3 Å². The molecule has 0 amide bonds. The van der Waals surface area contributed by atoms with Crippen LogP contribution in [0.3, 0.4) is 0 Å². The van der Waals surface area contributed by atoms with Gasteiger partial charge in [0.15, 0.2) is 0 Å². The van der Waals surface area contributed by atoms with E-state index in [-0.39, 0.29) is 11.7 Å². The number of halogens is 2. The van der Waals surface area contributed by atoms with Crippen LogP contribution in [0.4, 0.5) is 0 Å². The van der Waals surface area contributed by atoms with Crippen LogP contribution in [-0.4, -0.2) is 25.4 Å². The molecule has 0 aromatic heterocycles. The maximum Gasteiger partial charge on any atom is 0.325 e. The molecule has 2 N–H and O–H groups in total. The molecule has 0 saturated carbocycles. The highest BCUT2D eigenvalue weighted by molar-refractivity contribution is 7.51. The Hall–Kier alpha value is 0.690. The molecule has 0 aromatic carbocycles. The quantitative estimate of drug-likeness (QED) is 0.381. The summed E-state index contributed by atoms with van der Waals surface area (Å²) >= 11 is 11.6. The third kappa shape index (κ3) is 7.98. The fourth-order valence-corrected chi connectivity index (χ4v) is 2.61. The SMILES string of the molecule is CC(CCCCCCP(=O)(O)O)C(C)(C)N(Cl)Cl. The molecule has 110 valence electrons. The van der Waals surface area contributed by atoms with Gasteiger partial charge in [-0.2, -0.15) is 0 Å². The van der Waals surface area contributed by atoms with E-state index in [1.807, 2.05) is 13.8 Å². The molecule has 0 aliphatic heterocycles. The van der Waals surface area contributed by atoms with Crippen molar-refractivity contribution in [2.24, 2.45) is 5.92 Å². The molecular weight excluding hydrogens is 296 g/mol. The third-order valence-electron chi connectivity index (χ3n) is 3.48. The minimum absolute atomic E-state index is 0.00875. The van der Waals surface area contributed by atoms with Crippen molar-refractivity contribution in [2.45, 2.75) is 58.4 Å². The summed E-state index contributed by atoms with van der Waals surface area (Å²) in [6.07, 6.45) is 4.42. The van der Waals surface area contributed by atoms with E-state index in [2.05, 4.69) is 6.92 Å². The van der Waals surface area contributed by atoms with Crippen molar-refractivity contribution < 1.29 is 14.4 Å². The van der Waals surface area contributed by atoms with Gasteiger partial charge in [0.05, 0.1) is 0 Å². The molecule has 4 nitrogen and oxygen atoms in total. The molecule has 0 radical (unpaired) electrons. The van der Waals surface area contributed by atoms with Crippen LogP contribution in [0.5, 0.6) is 0 Å². The van der Waals surface area contributed by atoms with Crippen molar-refractivity contribution in [1.82, 2.24) is 3.94 Å². The Bertz CT molecular complexity index is 281. The molecule has 1 atom stereocenters. The number of nitrogens with zero attached hydrogens (tertiary/aromatic N) is 1. The first kappa shape index (κ1) is 18.7. The van der Waals surface area contributed by atoms with E-state index in [4.69, 9.17) is 33.3 Å². The maximum absolute atomic E-state index is 10.6. The van der Waals surface area contributed by atoms with Crippen LogP contribution in [0.25, 0.3) is 0 Å². The van der Waals surface area contributed by atoms with Gasteiger partial charge in [-0.25, -0.2) is 0 Å². The first-order valence-corrected chi connectivity index (χ1v) is 8.71. The minimum Gasteiger partial charge on any atom is -0.324 e. The molecule has 0 fully saturated rings. The summed E-state index contributed by atoms with van der Waals surface area (Å²) in [6.45, 7) is 6.09. The first-order chi connectivity index (χ1) is 8.07. The molecular formula is C11H24Cl2NO3P. The highest BCUT2D eigenvalue weighted by Crippen LogP contribution is 2.36. The van der Waals surface area contributed by atoms with Gasteiger partial charge in [-0.3, -0.25) is 4.57 Å². The lowest BCUT2D eigenvalue weighted by atomic mass is 9.86. The number of rotatable bonds is 9. The van der Waals surface area contributed by atoms with Crippen molar-refractivity contribution in [1.29, 1.82) is 0 Å². The van der Waals surface area contributed by atoms with Crippen LogP contribution < -0.4 is 0 Å². The van der Waals surface area contributed by atoms with E-state index in [1.165, 1.54) is 3.94 Å². The standard InChI is InChI=1S/C11H24Cl2NO3P/c1-10(11(2,3)14(12)13)8-6-4-5-7-9-18(15,16)17/h10H,4-9H2,1-3H3,(H2,15,16,17). The van der Waals surface area contributed by atoms with E-state index < -0.39 is 7.60 Å². The molecule has 0 saturated heterocycles. The summed E-state index contributed by atoms with van der Waals surface area (Å²) < 4.78 is 11.8. The molecule has 0 aliphatic carbocycles. The van der Waals surface area contributed by atoms with Crippen molar-refractivity contribution in [3.63, 3.8) is 0 Å². The second kappa shape index (κ2) is 8.08. The normalized spacial score (nSPS) is 15.1. The summed E-state index contributed by atoms with van der Waals surface area (Å²) in [5.41, 5.74) is -0.269. The summed E-state index contributed by atoms with van der Waals surface area (Å²) in [6, 6.07) is 0. The lowest BCUT2D eigenvalue weighted by Gasteiger charge is -2.34. The monoisotopic (exact) mass is 319 g/mol. The predicted octanol–water partition coefficient (Wildman–Crippen LogP) is 4.14. The second-order valence-corrected chi connectivity index (χ2v) is 8.00. The van der Waals surface area contributed by atoms with Crippen LogP contribution in [0.1, 0.15) is 52.9 Å². The van der Waals surface area contributed by atoms with Crippen molar-refractivity contribution in [3.8, 4) is 0 Å². The molecule has 7 heteroatoms. The van der Waals surface area contributed by atoms with Gasteiger partial charge in [0.1, 0.15) is 0 Å². The summed E-state index contributed by atoms with van der Waals surface area (Å²) in [5.74, 6) is 0.356.